The zero-order valence-corrected chi connectivity index (χ0v) is 20.0. The fraction of sp³-hybridized carbons (Fsp3) is 0.179. The number of ether oxygens (including phenoxy) is 2. The Labute approximate surface area is 213 Å². The molecule has 0 aliphatic heterocycles. The molecule has 1 aromatic heterocycles. The minimum Gasteiger partial charge on any atom is -0.457 e. The summed E-state index contributed by atoms with van der Waals surface area (Å²) in [5.74, 6) is -0.0107. The highest BCUT2D eigenvalue weighted by Crippen LogP contribution is 2.23. The van der Waals surface area contributed by atoms with Gasteiger partial charge in [0.15, 0.2) is 0 Å². The van der Waals surface area contributed by atoms with Gasteiger partial charge in [-0.25, -0.2) is 9.37 Å². The SMILES string of the molecule is O=C(CCc1cnc[nH]1)NC(COCc1ccccc1)C(=O)Nc1ccc(Oc2ccc(F)cc2)cc1. The van der Waals surface area contributed by atoms with Crippen LogP contribution in [-0.4, -0.2) is 34.4 Å². The Morgan fingerprint density at radius 1 is 0.946 bits per heavy atom. The molecule has 1 unspecified atom stereocenters. The number of imidazole rings is 1. The maximum atomic E-state index is 13.1. The lowest BCUT2D eigenvalue weighted by Crippen LogP contribution is -2.46. The van der Waals surface area contributed by atoms with Gasteiger partial charge in [-0.1, -0.05) is 30.3 Å². The average molecular weight is 503 g/mol. The molecule has 1 atom stereocenters. The minimum absolute atomic E-state index is 0.00227. The second-order valence-corrected chi connectivity index (χ2v) is 8.27. The Morgan fingerprint density at radius 3 is 2.32 bits per heavy atom. The van der Waals surface area contributed by atoms with E-state index < -0.39 is 11.9 Å². The smallest absolute Gasteiger partial charge is 0.249 e. The molecule has 3 N–H and O–H groups in total. The number of hydrogen-bond acceptors (Lipinski definition) is 5. The first-order valence-corrected chi connectivity index (χ1v) is 11.8. The molecule has 0 aliphatic rings. The van der Waals surface area contributed by atoms with Gasteiger partial charge in [-0.3, -0.25) is 9.59 Å². The predicted molar refractivity (Wildman–Crippen MR) is 136 cm³/mol. The summed E-state index contributed by atoms with van der Waals surface area (Å²) in [5, 5.41) is 5.58. The van der Waals surface area contributed by atoms with Crippen molar-refractivity contribution in [2.45, 2.75) is 25.5 Å². The third-order valence-electron chi connectivity index (χ3n) is 5.40. The third kappa shape index (κ3) is 8.29. The number of H-pyrrole nitrogens is 1. The highest BCUT2D eigenvalue weighted by Gasteiger charge is 2.21. The number of aromatic amines is 1. The summed E-state index contributed by atoms with van der Waals surface area (Å²) in [6, 6.07) is 21.1. The molecule has 0 bridgehead atoms. The zero-order chi connectivity index (χ0) is 25.9. The van der Waals surface area contributed by atoms with Gasteiger partial charge >= 0.3 is 0 Å². The number of nitrogens with one attached hydrogen (secondary N) is 3. The van der Waals surface area contributed by atoms with Crippen LogP contribution in [0, 0.1) is 5.82 Å². The molecular formula is C28H27FN4O4. The summed E-state index contributed by atoms with van der Waals surface area (Å²) in [6.07, 6.45) is 3.88. The predicted octanol–water partition coefficient (Wildman–Crippen LogP) is 4.61. The van der Waals surface area contributed by atoms with Crippen molar-refractivity contribution in [3.8, 4) is 11.5 Å². The average Bonchev–Trinajstić information content (AvgIpc) is 3.44. The van der Waals surface area contributed by atoms with Crippen LogP contribution in [0.4, 0.5) is 10.1 Å². The van der Waals surface area contributed by atoms with Crippen LogP contribution in [0.2, 0.25) is 0 Å². The molecule has 0 aliphatic carbocycles. The highest BCUT2D eigenvalue weighted by atomic mass is 19.1. The summed E-state index contributed by atoms with van der Waals surface area (Å²) in [4.78, 5) is 32.5. The molecule has 37 heavy (non-hydrogen) atoms. The second kappa shape index (κ2) is 13.0. The number of carbonyl (C=O) groups is 2. The number of carbonyl (C=O) groups excluding carboxylic acids is 2. The van der Waals surface area contributed by atoms with Crippen molar-refractivity contribution in [3.05, 3.63) is 108 Å². The maximum absolute atomic E-state index is 13.1. The molecule has 8 nitrogen and oxygen atoms in total. The normalized spacial score (nSPS) is 11.5. The first-order valence-electron chi connectivity index (χ1n) is 11.8. The van der Waals surface area contributed by atoms with Crippen LogP contribution in [0.5, 0.6) is 11.5 Å². The number of halogens is 1. The molecule has 0 fully saturated rings. The topological polar surface area (TPSA) is 105 Å². The second-order valence-electron chi connectivity index (χ2n) is 8.27. The number of aromatic nitrogens is 2. The lowest BCUT2D eigenvalue weighted by Gasteiger charge is -2.19. The Morgan fingerprint density at radius 2 is 1.65 bits per heavy atom. The molecule has 0 saturated carbocycles. The van der Waals surface area contributed by atoms with Gasteiger partial charge in [0.1, 0.15) is 23.4 Å². The van der Waals surface area contributed by atoms with Gasteiger partial charge in [-0.05, 0) is 60.5 Å². The molecule has 1 heterocycles. The molecule has 190 valence electrons. The van der Waals surface area contributed by atoms with Crippen molar-refractivity contribution < 1.29 is 23.5 Å². The number of amides is 2. The lowest BCUT2D eigenvalue weighted by atomic mass is 10.2. The fourth-order valence-corrected chi connectivity index (χ4v) is 3.46. The quantitative estimate of drug-likeness (QED) is 0.262. The highest BCUT2D eigenvalue weighted by molar-refractivity contribution is 5.97. The monoisotopic (exact) mass is 502 g/mol. The Kier molecular flexibility index (Phi) is 8.98. The molecular weight excluding hydrogens is 475 g/mol. The largest absolute Gasteiger partial charge is 0.457 e. The summed E-state index contributed by atoms with van der Waals surface area (Å²) in [5.41, 5.74) is 2.32. The summed E-state index contributed by atoms with van der Waals surface area (Å²) in [6.45, 7) is 0.312. The van der Waals surface area contributed by atoms with Gasteiger partial charge in [0.25, 0.3) is 0 Å². The van der Waals surface area contributed by atoms with E-state index in [9.17, 15) is 14.0 Å². The van der Waals surface area contributed by atoms with Crippen LogP contribution in [0.3, 0.4) is 0 Å². The van der Waals surface area contributed by atoms with Crippen LogP contribution in [-0.2, 0) is 27.4 Å². The van der Waals surface area contributed by atoms with Crippen LogP contribution < -0.4 is 15.4 Å². The van der Waals surface area contributed by atoms with E-state index in [1.165, 1.54) is 24.3 Å². The molecule has 0 spiro atoms. The summed E-state index contributed by atoms with van der Waals surface area (Å²) < 4.78 is 24.5. The maximum Gasteiger partial charge on any atom is 0.249 e. The van der Waals surface area contributed by atoms with E-state index >= 15 is 0 Å². The number of nitrogens with zero attached hydrogens (tertiary/aromatic N) is 1. The number of anilines is 1. The Balaban J connectivity index is 1.34. The lowest BCUT2D eigenvalue weighted by molar-refractivity contribution is -0.128. The van der Waals surface area contributed by atoms with Crippen molar-refractivity contribution in [2.75, 3.05) is 11.9 Å². The van der Waals surface area contributed by atoms with E-state index in [2.05, 4.69) is 20.6 Å². The first-order chi connectivity index (χ1) is 18.0. The van der Waals surface area contributed by atoms with Crippen LogP contribution in [0.25, 0.3) is 0 Å². The number of hydrogen-bond donors (Lipinski definition) is 3. The van der Waals surface area contributed by atoms with Gasteiger partial charge in [-0.2, -0.15) is 0 Å². The van der Waals surface area contributed by atoms with Gasteiger partial charge in [0, 0.05) is 24.0 Å². The molecule has 0 radical (unpaired) electrons. The number of aryl methyl sites for hydroxylation is 1. The van der Waals surface area contributed by atoms with E-state index in [1.54, 1.807) is 36.8 Å². The van der Waals surface area contributed by atoms with Gasteiger partial charge in [-0.15, -0.1) is 0 Å². The van der Waals surface area contributed by atoms with Crippen LogP contribution >= 0.6 is 0 Å². The molecule has 3 aromatic carbocycles. The Bertz CT molecular complexity index is 1260. The van der Waals surface area contributed by atoms with Crippen molar-refractivity contribution in [1.82, 2.24) is 15.3 Å². The fourth-order valence-electron chi connectivity index (χ4n) is 3.46. The van der Waals surface area contributed by atoms with Crippen LogP contribution in [0.15, 0.2) is 91.4 Å². The van der Waals surface area contributed by atoms with Gasteiger partial charge in [0.05, 0.1) is 19.5 Å². The van der Waals surface area contributed by atoms with E-state index in [0.29, 0.717) is 30.2 Å². The molecule has 4 aromatic rings. The van der Waals surface area contributed by atoms with Crippen molar-refractivity contribution in [1.29, 1.82) is 0 Å². The number of benzene rings is 3. The standard InChI is InChI=1S/C28H27FN4O4/c29-21-6-11-24(12-7-21)37-25-13-8-22(9-14-25)32-28(35)26(18-36-17-20-4-2-1-3-5-20)33-27(34)15-10-23-16-30-19-31-23/h1-9,11-14,16,19,26H,10,15,17-18H2,(H,30,31)(H,32,35)(H,33,34). The summed E-state index contributed by atoms with van der Waals surface area (Å²) >= 11 is 0. The summed E-state index contributed by atoms with van der Waals surface area (Å²) in [7, 11) is 0. The number of rotatable bonds is 12. The van der Waals surface area contributed by atoms with E-state index in [0.717, 1.165) is 11.3 Å². The third-order valence-corrected chi connectivity index (χ3v) is 5.40. The van der Waals surface area contributed by atoms with Crippen molar-refractivity contribution in [2.24, 2.45) is 0 Å². The van der Waals surface area contributed by atoms with Gasteiger partial charge < -0.3 is 25.1 Å². The molecule has 0 saturated heterocycles. The zero-order valence-electron chi connectivity index (χ0n) is 20.0. The van der Waals surface area contributed by atoms with E-state index in [1.807, 2.05) is 30.3 Å². The van der Waals surface area contributed by atoms with Crippen LogP contribution in [0.1, 0.15) is 17.7 Å². The minimum atomic E-state index is -0.895. The van der Waals surface area contributed by atoms with Crippen molar-refractivity contribution in [3.63, 3.8) is 0 Å². The van der Waals surface area contributed by atoms with E-state index in [-0.39, 0.29) is 24.8 Å². The molecule has 9 heteroatoms. The molecule has 2 amide bonds. The first kappa shape index (κ1) is 25.6. The van der Waals surface area contributed by atoms with Crippen molar-refractivity contribution >= 4 is 17.5 Å². The Hall–Kier alpha value is -4.50. The van der Waals surface area contributed by atoms with Gasteiger partial charge in [0.2, 0.25) is 11.8 Å². The molecule has 4 rings (SSSR count). The van der Waals surface area contributed by atoms with E-state index in [4.69, 9.17) is 9.47 Å².